The maximum Gasteiger partial charge on any atom is 1.00 e. The van der Waals surface area contributed by atoms with Gasteiger partial charge in [0.1, 0.15) is 6.33 Å². The standard InChI is InChI=1S/C4H4N2.ClH/c1-2-5-4-6-3-1;/h1-4H;1H. The van der Waals surface area contributed by atoms with E-state index < -0.39 is 0 Å². The molecule has 0 N–H and O–H groups in total. The van der Waals surface area contributed by atoms with Crippen molar-refractivity contribution in [3.63, 3.8) is 0 Å². The average molecular weight is 117 g/mol. The lowest BCUT2D eigenvalue weighted by molar-refractivity contribution is -0.00000136. The molecule has 0 spiro atoms. The summed E-state index contributed by atoms with van der Waals surface area (Å²) in [7, 11) is 0. The largest absolute Gasteiger partial charge is 1.00 e. The van der Waals surface area contributed by atoms with E-state index in [0.717, 1.165) is 0 Å². The smallest absolute Gasteiger partial charge is 1.00 e. The lowest BCUT2D eigenvalue weighted by Gasteiger charge is -1.70. The van der Waals surface area contributed by atoms with Crippen molar-refractivity contribution < 1.29 is 13.8 Å². The third kappa shape index (κ3) is 2.11. The van der Waals surface area contributed by atoms with Crippen LogP contribution >= 0.6 is 0 Å². The molecule has 0 aromatic carbocycles. The van der Waals surface area contributed by atoms with E-state index in [1.807, 2.05) is 0 Å². The molecule has 3 heteroatoms. The molecule has 1 rings (SSSR count). The van der Waals surface area contributed by atoms with Crippen molar-refractivity contribution in [1.29, 1.82) is 0 Å². The Kier molecular flexibility index (Phi) is 3.24. The summed E-state index contributed by atoms with van der Waals surface area (Å²) in [6.07, 6.45) is 4.88. The molecule has 38 valence electrons. The summed E-state index contributed by atoms with van der Waals surface area (Å²) in [6.45, 7) is 0. The Balaban J connectivity index is 0. The summed E-state index contributed by atoms with van der Waals surface area (Å²) in [6, 6.07) is 1.78. The van der Waals surface area contributed by atoms with Gasteiger partial charge in [0.15, 0.2) is 0 Å². The Morgan fingerprint density at radius 1 is 1.14 bits per heavy atom. The van der Waals surface area contributed by atoms with Crippen molar-refractivity contribution in [2.24, 2.45) is 0 Å². The van der Waals surface area contributed by atoms with Gasteiger partial charge in [-0.1, -0.05) is 0 Å². The molecule has 0 radical (unpaired) electrons. The zero-order valence-corrected chi connectivity index (χ0v) is 4.34. The molecule has 0 aliphatic carbocycles. The first-order valence-electron chi connectivity index (χ1n) is 1.70. The molecule has 0 unspecified atom stereocenters. The van der Waals surface area contributed by atoms with Crippen LogP contribution in [0.5, 0.6) is 0 Å². The maximum atomic E-state index is 3.67. The van der Waals surface area contributed by atoms with Crippen LogP contribution in [0.15, 0.2) is 24.8 Å². The third-order valence-corrected chi connectivity index (χ3v) is 0.478. The van der Waals surface area contributed by atoms with Gasteiger partial charge < -0.3 is 12.4 Å². The fraction of sp³-hybridized carbons (Fsp3) is 0. The molecule has 7 heavy (non-hydrogen) atoms. The van der Waals surface area contributed by atoms with E-state index in [2.05, 4.69) is 9.97 Å². The Hall–Kier alpha value is -0.630. The number of halogens is 1. The maximum absolute atomic E-state index is 3.67. The van der Waals surface area contributed by atoms with Crippen molar-refractivity contribution in [2.75, 3.05) is 0 Å². The summed E-state index contributed by atoms with van der Waals surface area (Å²) in [5.41, 5.74) is 0. The molecule has 1 aromatic heterocycles. The molecule has 1 aromatic rings. The van der Waals surface area contributed by atoms with Gasteiger partial charge in [0.2, 0.25) is 0 Å². The van der Waals surface area contributed by atoms with Crippen LogP contribution in [0.3, 0.4) is 0 Å². The van der Waals surface area contributed by atoms with Crippen LogP contribution in [0.2, 0.25) is 0 Å². The van der Waals surface area contributed by atoms with Crippen molar-refractivity contribution >= 4 is 0 Å². The second-order valence-corrected chi connectivity index (χ2v) is 0.904. The molecule has 0 fully saturated rings. The van der Waals surface area contributed by atoms with Crippen LogP contribution < -0.4 is 12.4 Å². The molecule has 0 atom stereocenters. The molecule has 0 bridgehead atoms. The highest BCUT2D eigenvalue weighted by atomic mass is 35.5. The summed E-state index contributed by atoms with van der Waals surface area (Å²) in [5, 5.41) is 0. The van der Waals surface area contributed by atoms with Gasteiger partial charge in [-0.2, -0.15) is 0 Å². The van der Waals surface area contributed by atoms with Crippen LogP contribution in [-0.4, -0.2) is 9.97 Å². The average Bonchev–Trinajstić information content (AvgIpc) is 1.72. The lowest BCUT2D eigenvalue weighted by Crippen LogP contribution is -3.00. The van der Waals surface area contributed by atoms with Gasteiger partial charge >= 0.3 is 1.43 Å². The van der Waals surface area contributed by atoms with Crippen LogP contribution in [0.4, 0.5) is 0 Å². The zero-order chi connectivity index (χ0) is 4.24. The van der Waals surface area contributed by atoms with Gasteiger partial charge in [-0.15, -0.1) is 0 Å². The van der Waals surface area contributed by atoms with Crippen molar-refractivity contribution in [1.82, 2.24) is 9.97 Å². The van der Waals surface area contributed by atoms with Gasteiger partial charge in [-0.25, -0.2) is 9.97 Å². The van der Waals surface area contributed by atoms with E-state index in [4.69, 9.17) is 0 Å². The summed E-state index contributed by atoms with van der Waals surface area (Å²) in [5.74, 6) is 0. The minimum Gasteiger partial charge on any atom is -1.00 e. The van der Waals surface area contributed by atoms with Crippen molar-refractivity contribution in [3.8, 4) is 0 Å². The molecule has 2 nitrogen and oxygen atoms in total. The Morgan fingerprint density at radius 3 is 1.86 bits per heavy atom. The number of hydrogen-bond donors (Lipinski definition) is 0. The molecule has 0 aliphatic rings. The minimum atomic E-state index is 0. The molecule has 0 aliphatic heterocycles. The minimum absolute atomic E-state index is 0. The topological polar surface area (TPSA) is 25.8 Å². The Labute approximate surface area is 49.5 Å². The van der Waals surface area contributed by atoms with E-state index in [9.17, 15) is 0 Å². The SMILES string of the molecule is [Cl-].[H+].c1cncnc1. The zero-order valence-electron chi connectivity index (χ0n) is 4.58. The van der Waals surface area contributed by atoms with E-state index in [0.29, 0.717) is 0 Å². The summed E-state index contributed by atoms with van der Waals surface area (Å²) in [4.78, 5) is 7.35. The van der Waals surface area contributed by atoms with Crippen LogP contribution in [0.25, 0.3) is 0 Å². The summed E-state index contributed by atoms with van der Waals surface area (Å²) < 4.78 is 0. The fourth-order valence-electron chi connectivity index (χ4n) is 0.253. The normalized spacial score (nSPS) is 6.86. The highest BCUT2D eigenvalue weighted by Crippen LogP contribution is 1.66. The quantitative estimate of drug-likeness (QED) is 0.378. The van der Waals surface area contributed by atoms with Crippen LogP contribution in [0.1, 0.15) is 1.43 Å². The van der Waals surface area contributed by atoms with E-state index in [1.165, 1.54) is 6.33 Å². The van der Waals surface area contributed by atoms with Crippen LogP contribution in [-0.2, 0) is 0 Å². The second kappa shape index (κ2) is 3.56. The molecule has 0 saturated carbocycles. The predicted molar refractivity (Wildman–Crippen MR) is 23.1 cm³/mol. The first-order valence-corrected chi connectivity index (χ1v) is 1.70. The molecule has 0 amide bonds. The van der Waals surface area contributed by atoms with Crippen molar-refractivity contribution in [2.45, 2.75) is 0 Å². The number of aromatic nitrogens is 2. The molecule has 1 heterocycles. The Morgan fingerprint density at radius 2 is 1.71 bits per heavy atom. The predicted octanol–water partition coefficient (Wildman–Crippen LogP) is -2.41. The van der Waals surface area contributed by atoms with Gasteiger partial charge in [-0.05, 0) is 6.07 Å². The second-order valence-electron chi connectivity index (χ2n) is 0.904. The van der Waals surface area contributed by atoms with E-state index >= 15 is 0 Å². The lowest BCUT2D eigenvalue weighted by atomic mass is 10.7. The monoisotopic (exact) mass is 116 g/mol. The van der Waals surface area contributed by atoms with Gasteiger partial charge in [0.05, 0.1) is 0 Å². The number of nitrogens with zero attached hydrogens (tertiary/aromatic N) is 2. The van der Waals surface area contributed by atoms with Gasteiger partial charge in [-0.3, -0.25) is 0 Å². The van der Waals surface area contributed by atoms with Gasteiger partial charge in [0, 0.05) is 12.4 Å². The highest BCUT2D eigenvalue weighted by molar-refractivity contribution is 4.74. The van der Waals surface area contributed by atoms with E-state index in [-0.39, 0.29) is 13.8 Å². The first kappa shape index (κ1) is 6.37. The molecular formula is C4H5ClN2. The van der Waals surface area contributed by atoms with E-state index in [1.54, 1.807) is 18.5 Å². The molecule has 0 saturated heterocycles. The first-order chi connectivity index (χ1) is 3.00. The fourth-order valence-corrected chi connectivity index (χ4v) is 0.253. The third-order valence-electron chi connectivity index (χ3n) is 0.478. The highest BCUT2D eigenvalue weighted by Gasteiger charge is 1.59. The van der Waals surface area contributed by atoms with Crippen LogP contribution in [0, 0.1) is 0 Å². The number of hydrogen-bond acceptors (Lipinski definition) is 2. The molecular weight excluding hydrogens is 112 g/mol. The van der Waals surface area contributed by atoms with Gasteiger partial charge in [0.25, 0.3) is 0 Å². The summed E-state index contributed by atoms with van der Waals surface area (Å²) >= 11 is 0. The number of rotatable bonds is 0. The van der Waals surface area contributed by atoms with Crippen molar-refractivity contribution in [3.05, 3.63) is 24.8 Å². The Bertz CT molecular complexity index is 86.0.